The summed E-state index contributed by atoms with van der Waals surface area (Å²) in [6.07, 6.45) is 6.53. The van der Waals surface area contributed by atoms with Crippen molar-refractivity contribution >= 4 is 17.3 Å². The van der Waals surface area contributed by atoms with Gasteiger partial charge in [0, 0.05) is 17.9 Å². The highest BCUT2D eigenvalue weighted by atomic mass is 16.1. The summed E-state index contributed by atoms with van der Waals surface area (Å²) in [5.41, 5.74) is 12.9. The lowest BCUT2D eigenvalue weighted by Crippen LogP contribution is -2.20. The van der Waals surface area contributed by atoms with Crippen molar-refractivity contribution in [1.29, 1.82) is 0 Å². The lowest BCUT2D eigenvalue weighted by Gasteiger charge is -2.22. The fourth-order valence-corrected chi connectivity index (χ4v) is 2.57. The minimum atomic E-state index is -0.437. The molecule has 0 atom stereocenters. The molecule has 1 saturated carbocycles. The van der Waals surface area contributed by atoms with Gasteiger partial charge in [0.2, 0.25) is 0 Å². The number of amides is 1. The summed E-state index contributed by atoms with van der Waals surface area (Å²) < 4.78 is 0. The molecule has 0 spiro atoms. The summed E-state index contributed by atoms with van der Waals surface area (Å²) in [6.45, 7) is 0.907. The van der Waals surface area contributed by atoms with Gasteiger partial charge in [0.05, 0.1) is 5.56 Å². The first-order valence-corrected chi connectivity index (χ1v) is 6.60. The second kappa shape index (κ2) is 5.76. The Hall–Kier alpha value is -1.71. The van der Waals surface area contributed by atoms with E-state index in [1.54, 1.807) is 12.1 Å². The fraction of sp³-hybridized carbons (Fsp3) is 0.500. The van der Waals surface area contributed by atoms with Gasteiger partial charge < -0.3 is 16.8 Å². The van der Waals surface area contributed by atoms with E-state index in [2.05, 4.69) is 5.32 Å². The molecule has 0 radical (unpaired) electrons. The first-order chi connectivity index (χ1) is 8.66. The third-order valence-electron chi connectivity index (χ3n) is 3.62. The number of nitrogen functional groups attached to an aromatic ring is 1. The van der Waals surface area contributed by atoms with Gasteiger partial charge in [0.1, 0.15) is 0 Å². The summed E-state index contributed by atoms with van der Waals surface area (Å²) in [4.78, 5) is 11.4. The van der Waals surface area contributed by atoms with Crippen molar-refractivity contribution in [3.8, 4) is 0 Å². The third kappa shape index (κ3) is 3.15. The zero-order chi connectivity index (χ0) is 13.0. The third-order valence-corrected chi connectivity index (χ3v) is 3.62. The molecule has 1 fully saturated rings. The first-order valence-electron chi connectivity index (χ1n) is 6.60. The normalized spacial score (nSPS) is 16.4. The van der Waals surface area contributed by atoms with Crippen LogP contribution < -0.4 is 16.8 Å². The van der Waals surface area contributed by atoms with Crippen molar-refractivity contribution < 1.29 is 4.79 Å². The van der Waals surface area contributed by atoms with Gasteiger partial charge in [-0.05, 0) is 37.0 Å². The second-order valence-electron chi connectivity index (χ2n) is 5.05. The Morgan fingerprint density at radius 2 is 2.00 bits per heavy atom. The fourth-order valence-electron chi connectivity index (χ4n) is 2.57. The van der Waals surface area contributed by atoms with Crippen molar-refractivity contribution in [3.05, 3.63) is 23.8 Å². The predicted octanol–water partition coefficient (Wildman–Crippen LogP) is 2.36. The standard InChI is InChI=1S/C14H21N3O/c15-11-6-7-13(12(8-11)14(16)18)17-9-10-4-2-1-3-5-10/h6-8,10,17H,1-5,9,15H2,(H2,16,18). The number of benzene rings is 1. The maximum Gasteiger partial charge on any atom is 0.250 e. The summed E-state index contributed by atoms with van der Waals surface area (Å²) in [5.74, 6) is 0.269. The van der Waals surface area contributed by atoms with E-state index in [0.717, 1.165) is 12.2 Å². The van der Waals surface area contributed by atoms with Crippen molar-refractivity contribution in [3.63, 3.8) is 0 Å². The number of hydrogen-bond acceptors (Lipinski definition) is 3. The number of nitrogens with two attached hydrogens (primary N) is 2. The smallest absolute Gasteiger partial charge is 0.250 e. The Kier molecular flexibility index (Phi) is 4.07. The van der Waals surface area contributed by atoms with Gasteiger partial charge in [0.25, 0.3) is 5.91 Å². The van der Waals surface area contributed by atoms with Crippen LogP contribution in [0.1, 0.15) is 42.5 Å². The summed E-state index contributed by atoms with van der Waals surface area (Å²) in [5, 5.41) is 3.34. The molecule has 18 heavy (non-hydrogen) atoms. The molecule has 0 saturated heterocycles. The quantitative estimate of drug-likeness (QED) is 0.714. The van der Waals surface area contributed by atoms with Crippen molar-refractivity contribution in [2.24, 2.45) is 11.7 Å². The van der Waals surface area contributed by atoms with Crippen LogP contribution in [0, 0.1) is 5.92 Å². The topological polar surface area (TPSA) is 81.1 Å². The van der Waals surface area contributed by atoms with Crippen LogP contribution in [0.15, 0.2) is 18.2 Å². The molecule has 0 heterocycles. The summed E-state index contributed by atoms with van der Waals surface area (Å²) in [7, 11) is 0. The van der Waals surface area contributed by atoms with Crippen LogP contribution in [0.25, 0.3) is 0 Å². The predicted molar refractivity (Wildman–Crippen MR) is 74.4 cm³/mol. The molecule has 5 N–H and O–H groups in total. The number of nitrogens with one attached hydrogen (secondary N) is 1. The van der Waals surface area contributed by atoms with Crippen LogP contribution in [0.5, 0.6) is 0 Å². The van der Waals surface area contributed by atoms with Gasteiger partial charge in [0.15, 0.2) is 0 Å². The molecule has 1 aromatic rings. The largest absolute Gasteiger partial charge is 0.399 e. The minimum absolute atomic E-state index is 0.437. The zero-order valence-electron chi connectivity index (χ0n) is 10.6. The molecule has 0 aromatic heterocycles. The first kappa shape index (κ1) is 12.7. The Morgan fingerprint density at radius 3 is 2.67 bits per heavy atom. The van der Waals surface area contributed by atoms with Gasteiger partial charge in [-0.15, -0.1) is 0 Å². The van der Waals surface area contributed by atoms with Crippen molar-refractivity contribution in [1.82, 2.24) is 0 Å². The SMILES string of the molecule is NC(=O)c1cc(N)ccc1NCC1CCCCC1. The summed E-state index contributed by atoms with van der Waals surface area (Å²) in [6, 6.07) is 5.25. The van der Waals surface area contributed by atoms with E-state index >= 15 is 0 Å². The van der Waals surface area contributed by atoms with Crippen LogP contribution in [0.3, 0.4) is 0 Å². The average Bonchev–Trinajstić information content (AvgIpc) is 2.38. The van der Waals surface area contributed by atoms with E-state index in [-0.39, 0.29) is 0 Å². The van der Waals surface area contributed by atoms with Crippen LogP contribution in [-0.4, -0.2) is 12.5 Å². The molecular weight excluding hydrogens is 226 g/mol. The van der Waals surface area contributed by atoms with Gasteiger partial charge in [-0.3, -0.25) is 4.79 Å². The lowest BCUT2D eigenvalue weighted by atomic mass is 9.89. The van der Waals surface area contributed by atoms with Crippen LogP contribution in [-0.2, 0) is 0 Å². The number of hydrogen-bond donors (Lipinski definition) is 3. The lowest BCUT2D eigenvalue weighted by molar-refractivity contribution is 0.100. The zero-order valence-corrected chi connectivity index (χ0v) is 10.6. The number of rotatable bonds is 4. The molecule has 0 bridgehead atoms. The molecule has 4 heteroatoms. The van der Waals surface area contributed by atoms with Crippen LogP contribution in [0.4, 0.5) is 11.4 Å². The van der Waals surface area contributed by atoms with E-state index in [9.17, 15) is 4.79 Å². The van der Waals surface area contributed by atoms with Crippen LogP contribution in [0.2, 0.25) is 0 Å². The average molecular weight is 247 g/mol. The molecule has 1 amide bonds. The molecule has 0 unspecified atom stereocenters. The number of carbonyl (C=O) groups excluding carboxylic acids is 1. The van der Waals surface area contributed by atoms with E-state index < -0.39 is 5.91 Å². The van der Waals surface area contributed by atoms with Crippen LogP contribution >= 0.6 is 0 Å². The van der Waals surface area contributed by atoms with Gasteiger partial charge >= 0.3 is 0 Å². The van der Waals surface area contributed by atoms with Crippen molar-refractivity contribution in [2.45, 2.75) is 32.1 Å². The molecule has 1 aliphatic rings. The molecule has 4 nitrogen and oxygen atoms in total. The molecule has 1 aromatic carbocycles. The number of carbonyl (C=O) groups is 1. The molecule has 0 aliphatic heterocycles. The summed E-state index contributed by atoms with van der Waals surface area (Å²) >= 11 is 0. The van der Waals surface area contributed by atoms with E-state index in [1.807, 2.05) is 6.07 Å². The Balaban J connectivity index is 2.01. The number of primary amides is 1. The highest BCUT2D eigenvalue weighted by Gasteiger charge is 2.14. The Labute approximate surface area is 108 Å². The van der Waals surface area contributed by atoms with Gasteiger partial charge in [-0.1, -0.05) is 19.3 Å². The van der Waals surface area contributed by atoms with Gasteiger partial charge in [-0.2, -0.15) is 0 Å². The maximum atomic E-state index is 11.4. The maximum absolute atomic E-state index is 11.4. The number of anilines is 2. The van der Waals surface area contributed by atoms with Crippen molar-refractivity contribution in [2.75, 3.05) is 17.6 Å². The molecular formula is C14H21N3O. The Morgan fingerprint density at radius 1 is 1.28 bits per heavy atom. The Bertz CT molecular complexity index is 425. The molecule has 1 aliphatic carbocycles. The highest BCUT2D eigenvalue weighted by Crippen LogP contribution is 2.25. The highest BCUT2D eigenvalue weighted by molar-refractivity contribution is 5.99. The molecule has 2 rings (SSSR count). The monoisotopic (exact) mass is 247 g/mol. The molecule has 98 valence electrons. The van der Waals surface area contributed by atoms with E-state index in [0.29, 0.717) is 17.2 Å². The second-order valence-corrected chi connectivity index (χ2v) is 5.05. The van der Waals surface area contributed by atoms with E-state index in [1.165, 1.54) is 32.1 Å². The van der Waals surface area contributed by atoms with E-state index in [4.69, 9.17) is 11.5 Å². The minimum Gasteiger partial charge on any atom is -0.399 e. The van der Waals surface area contributed by atoms with Gasteiger partial charge in [-0.25, -0.2) is 0 Å².